The SMILES string of the molecule is CCCN(CC(=O)NC)C(=O)C=Cc1ccccn1. The van der Waals surface area contributed by atoms with Crippen LogP contribution in [0.1, 0.15) is 19.0 Å². The minimum atomic E-state index is -0.184. The molecule has 1 rings (SSSR count). The molecular formula is C14H19N3O2. The van der Waals surface area contributed by atoms with Gasteiger partial charge in [0.15, 0.2) is 0 Å². The Balaban J connectivity index is 2.66. The molecule has 0 aliphatic heterocycles. The molecule has 102 valence electrons. The summed E-state index contributed by atoms with van der Waals surface area (Å²) in [4.78, 5) is 28.9. The van der Waals surface area contributed by atoms with Gasteiger partial charge in [0.25, 0.3) is 0 Å². The molecule has 19 heavy (non-hydrogen) atoms. The fraction of sp³-hybridized carbons (Fsp3) is 0.357. The third kappa shape index (κ3) is 5.33. The van der Waals surface area contributed by atoms with Crippen LogP contribution in [0.2, 0.25) is 0 Å². The summed E-state index contributed by atoms with van der Waals surface area (Å²) < 4.78 is 0. The highest BCUT2D eigenvalue weighted by molar-refractivity contribution is 5.94. The molecule has 2 amide bonds. The molecule has 0 saturated carbocycles. The Morgan fingerprint density at radius 3 is 2.79 bits per heavy atom. The maximum absolute atomic E-state index is 12.0. The highest BCUT2D eigenvalue weighted by Gasteiger charge is 2.12. The molecule has 5 heteroatoms. The second kappa shape index (κ2) is 8.02. The van der Waals surface area contributed by atoms with E-state index < -0.39 is 0 Å². The van der Waals surface area contributed by atoms with E-state index in [0.717, 1.165) is 6.42 Å². The maximum atomic E-state index is 12.0. The number of amides is 2. The zero-order valence-electron chi connectivity index (χ0n) is 11.3. The van der Waals surface area contributed by atoms with E-state index in [1.165, 1.54) is 11.0 Å². The van der Waals surface area contributed by atoms with Crippen LogP contribution in [-0.4, -0.2) is 41.8 Å². The summed E-state index contributed by atoms with van der Waals surface area (Å²) in [5.41, 5.74) is 0.715. The van der Waals surface area contributed by atoms with E-state index in [9.17, 15) is 9.59 Å². The molecule has 0 saturated heterocycles. The normalized spacial score (nSPS) is 10.4. The number of rotatable bonds is 6. The lowest BCUT2D eigenvalue weighted by Gasteiger charge is -2.19. The highest BCUT2D eigenvalue weighted by Crippen LogP contribution is 2.00. The van der Waals surface area contributed by atoms with Crippen LogP contribution in [0, 0.1) is 0 Å². The predicted molar refractivity (Wildman–Crippen MR) is 74.2 cm³/mol. The smallest absolute Gasteiger partial charge is 0.247 e. The number of likely N-dealkylation sites (N-methyl/N-ethyl adjacent to an activating group) is 1. The average Bonchev–Trinajstić information content (AvgIpc) is 2.45. The van der Waals surface area contributed by atoms with Crippen molar-refractivity contribution in [3.05, 3.63) is 36.2 Å². The van der Waals surface area contributed by atoms with Crippen LogP contribution < -0.4 is 5.32 Å². The van der Waals surface area contributed by atoms with Crippen molar-refractivity contribution in [3.63, 3.8) is 0 Å². The Labute approximate surface area is 113 Å². The number of hydrogen-bond donors (Lipinski definition) is 1. The van der Waals surface area contributed by atoms with E-state index in [-0.39, 0.29) is 18.4 Å². The Hall–Kier alpha value is -2.17. The first-order chi connectivity index (χ1) is 9.17. The third-order valence-electron chi connectivity index (χ3n) is 2.50. The van der Waals surface area contributed by atoms with Gasteiger partial charge in [0.2, 0.25) is 11.8 Å². The maximum Gasteiger partial charge on any atom is 0.247 e. The zero-order valence-corrected chi connectivity index (χ0v) is 11.3. The van der Waals surface area contributed by atoms with Gasteiger partial charge in [0.1, 0.15) is 0 Å². The minimum Gasteiger partial charge on any atom is -0.358 e. The molecular weight excluding hydrogens is 242 g/mol. The first kappa shape index (κ1) is 14.9. The Morgan fingerprint density at radius 1 is 1.42 bits per heavy atom. The monoisotopic (exact) mass is 261 g/mol. The molecule has 0 aliphatic carbocycles. The van der Waals surface area contributed by atoms with E-state index in [1.54, 1.807) is 19.3 Å². The molecule has 0 radical (unpaired) electrons. The number of aromatic nitrogens is 1. The first-order valence-electron chi connectivity index (χ1n) is 6.26. The molecule has 1 aromatic rings. The van der Waals surface area contributed by atoms with E-state index in [0.29, 0.717) is 12.2 Å². The van der Waals surface area contributed by atoms with E-state index in [4.69, 9.17) is 0 Å². The summed E-state index contributed by atoms with van der Waals surface area (Å²) in [5.74, 6) is -0.357. The average molecular weight is 261 g/mol. The predicted octanol–water partition coefficient (Wildman–Crippen LogP) is 1.08. The van der Waals surface area contributed by atoms with Crippen LogP contribution in [0.4, 0.5) is 0 Å². The van der Waals surface area contributed by atoms with Gasteiger partial charge in [-0.15, -0.1) is 0 Å². The van der Waals surface area contributed by atoms with Crippen LogP contribution in [0.5, 0.6) is 0 Å². The summed E-state index contributed by atoms with van der Waals surface area (Å²) in [6, 6.07) is 5.48. The second-order valence-corrected chi connectivity index (χ2v) is 4.02. The summed E-state index contributed by atoms with van der Waals surface area (Å²) in [7, 11) is 1.56. The number of nitrogens with one attached hydrogen (secondary N) is 1. The van der Waals surface area contributed by atoms with Crippen molar-refractivity contribution in [2.75, 3.05) is 20.1 Å². The van der Waals surface area contributed by atoms with E-state index in [2.05, 4.69) is 10.3 Å². The van der Waals surface area contributed by atoms with Gasteiger partial charge in [-0.1, -0.05) is 13.0 Å². The first-order valence-corrected chi connectivity index (χ1v) is 6.26. The lowest BCUT2D eigenvalue weighted by atomic mass is 10.3. The number of carbonyl (C=O) groups is 2. The Bertz CT molecular complexity index is 443. The van der Waals surface area contributed by atoms with Crippen molar-refractivity contribution < 1.29 is 9.59 Å². The van der Waals surface area contributed by atoms with Gasteiger partial charge in [-0.25, -0.2) is 0 Å². The van der Waals surface area contributed by atoms with Gasteiger partial charge >= 0.3 is 0 Å². The molecule has 0 fully saturated rings. The number of carbonyl (C=O) groups excluding carboxylic acids is 2. The molecule has 1 aromatic heterocycles. The van der Waals surface area contributed by atoms with Crippen LogP contribution in [0.3, 0.4) is 0 Å². The van der Waals surface area contributed by atoms with Crippen LogP contribution in [-0.2, 0) is 9.59 Å². The minimum absolute atomic E-state index is 0.0791. The molecule has 0 aromatic carbocycles. The summed E-state index contributed by atoms with van der Waals surface area (Å²) in [6.45, 7) is 2.60. The van der Waals surface area contributed by atoms with E-state index in [1.807, 2.05) is 25.1 Å². The molecule has 0 aliphatic rings. The summed E-state index contributed by atoms with van der Waals surface area (Å²) >= 11 is 0. The van der Waals surface area contributed by atoms with Gasteiger partial charge in [-0.05, 0) is 24.6 Å². The molecule has 0 atom stereocenters. The Morgan fingerprint density at radius 2 is 2.21 bits per heavy atom. The topological polar surface area (TPSA) is 62.3 Å². The van der Waals surface area contributed by atoms with Gasteiger partial charge in [-0.2, -0.15) is 0 Å². The van der Waals surface area contributed by atoms with Gasteiger partial charge in [-0.3, -0.25) is 14.6 Å². The number of pyridine rings is 1. The van der Waals surface area contributed by atoms with Crippen molar-refractivity contribution in [1.29, 1.82) is 0 Å². The molecule has 5 nitrogen and oxygen atoms in total. The summed E-state index contributed by atoms with van der Waals surface area (Å²) in [5, 5.41) is 2.51. The largest absolute Gasteiger partial charge is 0.358 e. The van der Waals surface area contributed by atoms with Crippen molar-refractivity contribution in [3.8, 4) is 0 Å². The molecule has 1 heterocycles. The highest BCUT2D eigenvalue weighted by atomic mass is 16.2. The zero-order chi connectivity index (χ0) is 14.1. The summed E-state index contributed by atoms with van der Waals surface area (Å²) in [6.07, 6.45) is 5.56. The molecule has 0 unspecified atom stereocenters. The number of nitrogens with zero attached hydrogens (tertiary/aromatic N) is 2. The Kier molecular flexibility index (Phi) is 6.29. The lowest BCUT2D eigenvalue weighted by molar-refractivity contribution is -0.132. The lowest BCUT2D eigenvalue weighted by Crippen LogP contribution is -2.39. The molecule has 0 bridgehead atoms. The standard InChI is InChI=1S/C14H19N3O2/c1-3-10-17(11-13(18)15-2)14(19)8-7-12-6-4-5-9-16-12/h4-9H,3,10-11H2,1-2H3,(H,15,18). The van der Waals surface area contributed by atoms with Gasteiger partial charge in [0, 0.05) is 25.9 Å². The van der Waals surface area contributed by atoms with Crippen LogP contribution >= 0.6 is 0 Å². The van der Waals surface area contributed by atoms with Crippen LogP contribution in [0.15, 0.2) is 30.5 Å². The number of hydrogen-bond acceptors (Lipinski definition) is 3. The van der Waals surface area contributed by atoms with E-state index >= 15 is 0 Å². The molecule has 0 spiro atoms. The van der Waals surface area contributed by atoms with Crippen LogP contribution in [0.25, 0.3) is 6.08 Å². The fourth-order valence-electron chi connectivity index (χ4n) is 1.53. The van der Waals surface area contributed by atoms with Gasteiger partial charge < -0.3 is 10.2 Å². The van der Waals surface area contributed by atoms with Gasteiger partial charge in [0.05, 0.1) is 12.2 Å². The second-order valence-electron chi connectivity index (χ2n) is 4.02. The fourth-order valence-corrected chi connectivity index (χ4v) is 1.53. The third-order valence-corrected chi connectivity index (χ3v) is 2.50. The molecule has 1 N–H and O–H groups in total. The van der Waals surface area contributed by atoms with Crippen molar-refractivity contribution in [2.24, 2.45) is 0 Å². The van der Waals surface area contributed by atoms with Crippen molar-refractivity contribution >= 4 is 17.9 Å². The van der Waals surface area contributed by atoms with Crippen molar-refractivity contribution in [1.82, 2.24) is 15.2 Å². The van der Waals surface area contributed by atoms with Crippen molar-refractivity contribution in [2.45, 2.75) is 13.3 Å². The quantitative estimate of drug-likeness (QED) is 0.779.